The number of esters is 1. The molecule has 0 unspecified atom stereocenters. The summed E-state index contributed by atoms with van der Waals surface area (Å²) in [5.41, 5.74) is 0.997. The molecule has 3 aromatic carbocycles. The van der Waals surface area contributed by atoms with Crippen molar-refractivity contribution in [3.8, 4) is 11.8 Å². The van der Waals surface area contributed by atoms with E-state index in [1.54, 1.807) is 37.3 Å². The van der Waals surface area contributed by atoms with Crippen LogP contribution < -0.4 is 10.4 Å². The minimum Gasteiger partial charge on any atom is -0.479 e. The highest BCUT2D eigenvalue weighted by Gasteiger charge is 2.18. The van der Waals surface area contributed by atoms with Gasteiger partial charge in [-0.25, -0.2) is 9.59 Å². The van der Waals surface area contributed by atoms with Gasteiger partial charge in [0, 0.05) is 17.0 Å². The zero-order valence-electron chi connectivity index (χ0n) is 16.1. The molecule has 0 N–H and O–H groups in total. The van der Waals surface area contributed by atoms with E-state index in [0.717, 1.165) is 16.2 Å². The summed E-state index contributed by atoms with van der Waals surface area (Å²) < 4.78 is 16.3. The van der Waals surface area contributed by atoms with Crippen molar-refractivity contribution in [3.63, 3.8) is 0 Å². The molecule has 0 fully saturated rings. The lowest BCUT2D eigenvalue weighted by atomic mass is 10.0. The fourth-order valence-electron chi connectivity index (χ4n) is 3.26. The summed E-state index contributed by atoms with van der Waals surface area (Å²) in [5.74, 6) is -0.115. The summed E-state index contributed by atoms with van der Waals surface area (Å²) in [6, 6.07) is 21.1. The number of nitriles is 1. The van der Waals surface area contributed by atoms with E-state index >= 15 is 0 Å². The molecule has 6 nitrogen and oxygen atoms in total. The third kappa shape index (κ3) is 3.87. The van der Waals surface area contributed by atoms with Crippen LogP contribution in [0.2, 0.25) is 0 Å². The summed E-state index contributed by atoms with van der Waals surface area (Å²) in [4.78, 5) is 24.4. The topological polar surface area (TPSA) is 89.5 Å². The summed E-state index contributed by atoms with van der Waals surface area (Å²) >= 11 is 0. The molecule has 0 amide bonds. The van der Waals surface area contributed by atoms with E-state index in [1.807, 2.05) is 36.4 Å². The molecule has 148 valence electrons. The maximum atomic E-state index is 12.4. The van der Waals surface area contributed by atoms with Crippen molar-refractivity contribution in [1.82, 2.24) is 0 Å². The maximum absolute atomic E-state index is 12.4. The molecule has 4 rings (SSSR count). The van der Waals surface area contributed by atoms with E-state index in [0.29, 0.717) is 22.5 Å². The largest absolute Gasteiger partial charge is 0.479 e. The van der Waals surface area contributed by atoms with Gasteiger partial charge in [0.2, 0.25) is 0 Å². The van der Waals surface area contributed by atoms with Crippen LogP contribution in [0.25, 0.3) is 21.7 Å². The van der Waals surface area contributed by atoms with Crippen LogP contribution in [0.5, 0.6) is 5.75 Å². The molecule has 1 atom stereocenters. The Bertz CT molecular complexity index is 1330. The predicted octanol–water partition coefficient (Wildman–Crippen LogP) is 4.33. The Hall–Kier alpha value is -4.11. The standard InChI is InChI=1S/C24H17NO5/c1-15(29-19-9-6-16(13-25)7-10-19)24(27)28-14-18-12-22(26)30-21-11-8-17-4-2-3-5-20(17)23(18)21/h2-12,15H,14H2,1H3/t15-/m0/s1. The number of ether oxygens (including phenoxy) is 2. The first-order chi connectivity index (χ1) is 14.5. The highest BCUT2D eigenvalue weighted by Crippen LogP contribution is 2.28. The third-order valence-corrected chi connectivity index (χ3v) is 4.71. The Morgan fingerprint density at radius 1 is 1.10 bits per heavy atom. The molecule has 30 heavy (non-hydrogen) atoms. The minimum absolute atomic E-state index is 0.0873. The Labute approximate surface area is 171 Å². The molecular formula is C24H17NO5. The minimum atomic E-state index is -0.860. The van der Waals surface area contributed by atoms with Gasteiger partial charge in [0.1, 0.15) is 17.9 Å². The number of hydrogen-bond donors (Lipinski definition) is 0. The molecular weight excluding hydrogens is 382 g/mol. The molecule has 1 aromatic heterocycles. The zero-order valence-corrected chi connectivity index (χ0v) is 16.1. The van der Waals surface area contributed by atoms with E-state index in [4.69, 9.17) is 19.2 Å². The second-order valence-electron chi connectivity index (χ2n) is 6.75. The van der Waals surface area contributed by atoms with Gasteiger partial charge in [-0.1, -0.05) is 30.3 Å². The van der Waals surface area contributed by atoms with Gasteiger partial charge in [-0.05, 0) is 48.0 Å². The van der Waals surface area contributed by atoms with Gasteiger partial charge in [0.05, 0.1) is 11.6 Å². The van der Waals surface area contributed by atoms with Crippen LogP contribution in [0.15, 0.2) is 75.9 Å². The molecule has 0 radical (unpaired) electrons. The lowest BCUT2D eigenvalue weighted by Gasteiger charge is -2.15. The Kier molecular flexibility index (Phi) is 5.19. The van der Waals surface area contributed by atoms with Gasteiger partial charge in [0.25, 0.3) is 0 Å². The van der Waals surface area contributed by atoms with Crippen molar-refractivity contribution in [2.24, 2.45) is 0 Å². The van der Waals surface area contributed by atoms with Gasteiger partial charge in [-0.3, -0.25) is 0 Å². The number of carbonyl (C=O) groups excluding carboxylic acids is 1. The highest BCUT2D eigenvalue weighted by atomic mass is 16.6. The normalized spacial score (nSPS) is 11.7. The van der Waals surface area contributed by atoms with E-state index in [2.05, 4.69) is 0 Å². The van der Waals surface area contributed by atoms with Crippen LogP contribution >= 0.6 is 0 Å². The lowest BCUT2D eigenvalue weighted by molar-refractivity contribution is -0.152. The number of hydrogen-bond acceptors (Lipinski definition) is 6. The van der Waals surface area contributed by atoms with Crippen LogP contribution in [0.1, 0.15) is 18.1 Å². The summed E-state index contributed by atoms with van der Waals surface area (Å²) in [5, 5.41) is 11.5. The van der Waals surface area contributed by atoms with Gasteiger partial charge in [-0.2, -0.15) is 5.26 Å². The van der Waals surface area contributed by atoms with Gasteiger partial charge < -0.3 is 13.9 Å². The number of rotatable bonds is 5. The lowest BCUT2D eigenvalue weighted by Crippen LogP contribution is -2.26. The van der Waals surface area contributed by atoms with Crippen LogP contribution in [0.3, 0.4) is 0 Å². The second kappa shape index (κ2) is 8.10. The second-order valence-corrected chi connectivity index (χ2v) is 6.75. The van der Waals surface area contributed by atoms with Gasteiger partial charge in [-0.15, -0.1) is 0 Å². The average molecular weight is 399 g/mol. The van der Waals surface area contributed by atoms with Gasteiger partial charge in [0.15, 0.2) is 6.10 Å². The molecule has 1 heterocycles. The molecule has 0 saturated heterocycles. The Balaban J connectivity index is 1.55. The third-order valence-electron chi connectivity index (χ3n) is 4.71. The molecule has 0 spiro atoms. The summed E-state index contributed by atoms with van der Waals surface area (Å²) in [7, 11) is 0. The monoisotopic (exact) mass is 399 g/mol. The summed E-state index contributed by atoms with van der Waals surface area (Å²) in [6.45, 7) is 1.49. The van der Waals surface area contributed by atoms with Crippen molar-refractivity contribution in [3.05, 3.63) is 88.3 Å². The molecule has 4 aromatic rings. The van der Waals surface area contributed by atoms with Gasteiger partial charge >= 0.3 is 11.6 Å². The van der Waals surface area contributed by atoms with E-state index in [-0.39, 0.29) is 6.61 Å². The summed E-state index contributed by atoms with van der Waals surface area (Å²) in [6.07, 6.45) is -0.860. The smallest absolute Gasteiger partial charge is 0.347 e. The van der Waals surface area contributed by atoms with E-state index in [9.17, 15) is 9.59 Å². The highest BCUT2D eigenvalue weighted by molar-refractivity contribution is 6.07. The Morgan fingerprint density at radius 2 is 1.87 bits per heavy atom. The van der Waals surface area contributed by atoms with Crippen molar-refractivity contribution >= 4 is 27.7 Å². The SMILES string of the molecule is C[C@H](Oc1ccc(C#N)cc1)C(=O)OCc1cc(=O)oc2ccc3ccccc3c12. The van der Waals surface area contributed by atoms with E-state index in [1.165, 1.54) is 6.07 Å². The number of fused-ring (bicyclic) bond motifs is 3. The molecule has 0 bridgehead atoms. The fourth-order valence-corrected chi connectivity index (χ4v) is 3.26. The Morgan fingerprint density at radius 3 is 2.63 bits per heavy atom. The molecule has 6 heteroatoms. The van der Waals surface area contributed by atoms with Crippen LogP contribution in [0.4, 0.5) is 0 Å². The maximum Gasteiger partial charge on any atom is 0.347 e. The van der Waals surface area contributed by atoms with Crippen molar-refractivity contribution in [2.45, 2.75) is 19.6 Å². The number of carbonyl (C=O) groups is 1. The first-order valence-corrected chi connectivity index (χ1v) is 9.33. The first-order valence-electron chi connectivity index (χ1n) is 9.33. The molecule has 0 aliphatic carbocycles. The van der Waals surface area contributed by atoms with Crippen LogP contribution in [0, 0.1) is 11.3 Å². The van der Waals surface area contributed by atoms with Crippen molar-refractivity contribution in [1.29, 1.82) is 5.26 Å². The van der Waals surface area contributed by atoms with Crippen molar-refractivity contribution < 1.29 is 18.7 Å². The predicted molar refractivity (Wildman–Crippen MR) is 111 cm³/mol. The quantitative estimate of drug-likeness (QED) is 0.282. The average Bonchev–Trinajstić information content (AvgIpc) is 2.77. The fraction of sp³-hybridized carbons (Fsp3) is 0.125. The number of benzene rings is 3. The van der Waals surface area contributed by atoms with E-state index < -0.39 is 17.7 Å². The number of nitrogens with zero attached hydrogens (tertiary/aromatic N) is 1. The zero-order chi connectivity index (χ0) is 21.1. The molecule has 0 aliphatic heterocycles. The first kappa shape index (κ1) is 19.2. The van der Waals surface area contributed by atoms with Crippen LogP contribution in [-0.2, 0) is 16.1 Å². The van der Waals surface area contributed by atoms with Crippen molar-refractivity contribution in [2.75, 3.05) is 0 Å². The molecule has 0 saturated carbocycles. The molecule has 0 aliphatic rings. The van der Waals surface area contributed by atoms with Crippen LogP contribution in [-0.4, -0.2) is 12.1 Å².